The monoisotopic (exact) mass is 435 g/mol. The van der Waals surface area contributed by atoms with E-state index < -0.39 is 17.4 Å². The number of fused-ring (bicyclic) bond motifs is 1. The predicted molar refractivity (Wildman–Crippen MR) is 115 cm³/mol. The first-order valence-electron chi connectivity index (χ1n) is 9.41. The van der Waals surface area contributed by atoms with E-state index in [9.17, 15) is 14.7 Å². The van der Waals surface area contributed by atoms with E-state index >= 15 is 0 Å². The summed E-state index contributed by atoms with van der Waals surface area (Å²) in [5.74, 6) is -1.23. The largest absolute Gasteiger partial charge is 0.372 e. The van der Waals surface area contributed by atoms with E-state index in [4.69, 9.17) is 28.9 Å². The van der Waals surface area contributed by atoms with E-state index in [1.165, 1.54) is 17.0 Å². The Labute approximate surface area is 179 Å². The molecule has 1 unspecified atom stereocenters. The standard InChI is InChI=1S/C21H23Cl2N3O3/c1-3-25(4-2)9-10-26-17-12-13(19(24)27)11-16(23)18(17)21(29,20(26)28)14-7-5-6-8-15(14)22/h5-8,11-12,29H,3-4,9-10H2,1-2H3,(H2,24,27). The van der Waals surface area contributed by atoms with Gasteiger partial charge in [0, 0.05) is 34.8 Å². The van der Waals surface area contributed by atoms with Crippen LogP contribution < -0.4 is 10.6 Å². The molecule has 0 fully saturated rings. The number of rotatable bonds is 7. The molecule has 8 heteroatoms. The van der Waals surface area contributed by atoms with Crippen molar-refractivity contribution in [3.63, 3.8) is 0 Å². The highest BCUT2D eigenvalue weighted by atomic mass is 35.5. The SMILES string of the molecule is CCN(CC)CCN1C(=O)C(O)(c2ccccc2Cl)c2c(Cl)cc(C(N)=O)cc21. The maximum absolute atomic E-state index is 13.5. The molecule has 0 spiro atoms. The molecule has 0 radical (unpaired) electrons. The number of benzene rings is 2. The van der Waals surface area contributed by atoms with E-state index in [1.54, 1.807) is 24.3 Å². The van der Waals surface area contributed by atoms with Gasteiger partial charge in [0.25, 0.3) is 5.91 Å². The topological polar surface area (TPSA) is 86.9 Å². The second kappa shape index (κ2) is 8.32. The van der Waals surface area contributed by atoms with Crippen molar-refractivity contribution in [2.24, 2.45) is 5.73 Å². The molecule has 0 aromatic heterocycles. The summed E-state index contributed by atoms with van der Waals surface area (Å²) in [6.45, 7) is 6.62. The summed E-state index contributed by atoms with van der Waals surface area (Å²) in [5.41, 5.74) is 4.36. The summed E-state index contributed by atoms with van der Waals surface area (Å²) in [7, 11) is 0. The van der Waals surface area contributed by atoms with Crippen molar-refractivity contribution in [1.82, 2.24) is 4.90 Å². The van der Waals surface area contributed by atoms with Crippen molar-refractivity contribution in [3.8, 4) is 0 Å². The Morgan fingerprint density at radius 3 is 2.41 bits per heavy atom. The molecular weight excluding hydrogens is 413 g/mol. The third-order valence-corrected chi connectivity index (χ3v) is 5.99. The molecule has 0 saturated heterocycles. The fourth-order valence-corrected chi connectivity index (χ4v) is 4.35. The van der Waals surface area contributed by atoms with Gasteiger partial charge in [-0.15, -0.1) is 0 Å². The van der Waals surface area contributed by atoms with Gasteiger partial charge in [-0.1, -0.05) is 55.2 Å². The van der Waals surface area contributed by atoms with Crippen molar-refractivity contribution in [3.05, 3.63) is 63.1 Å². The van der Waals surface area contributed by atoms with Crippen molar-refractivity contribution in [2.45, 2.75) is 19.4 Å². The summed E-state index contributed by atoms with van der Waals surface area (Å²) in [6, 6.07) is 9.47. The van der Waals surface area contributed by atoms with Gasteiger partial charge < -0.3 is 20.6 Å². The molecule has 29 heavy (non-hydrogen) atoms. The lowest BCUT2D eigenvalue weighted by Gasteiger charge is -2.26. The van der Waals surface area contributed by atoms with Gasteiger partial charge in [-0.05, 0) is 31.3 Å². The smallest absolute Gasteiger partial charge is 0.268 e. The van der Waals surface area contributed by atoms with E-state index in [0.29, 0.717) is 18.8 Å². The summed E-state index contributed by atoms with van der Waals surface area (Å²) >= 11 is 12.8. The zero-order valence-corrected chi connectivity index (χ0v) is 17.8. The van der Waals surface area contributed by atoms with Crippen LogP contribution in [0.2, 0.25) is 10.0 Å². The first-order valence-corrected chi connectivity index (χ1v) is 10.2. The lowest BCUT2D eigenvalue weighted by atomic mass is 9.87. The van der Waals surface area contributed by atoms with Crippen LogP contribution in [0.4, 0.5) is 5.69 Å². The van der Waals surface area contributed by atoms with Crippen LogP contribution in [0.15, 0.2) is 36.4 Å². The molecule has 1 heterocycles. The third kappa shape index (κ3) is 3.62. The fourth-order valence-electron chi connectivity index (χ4n) is 3.72. The first-order chi connectivity index (χ1) is 13.7. The molecule has 0 saturated carbocycles. The summed E-state index contributed by atoms with van der Waals surface area (Å²) in [4.78, 5) is 28.8. The van der Waals surface area contributed by atoms with Crippen molar-refractivity contribution < 1.29 is 14.7 Å². The van der Waals surface area contributed by atoms with Crippen molar-refractivity contribution in [2.75, 3.05) is 31.1 Å². The lowest BCUT2D eigenvalue weighted by molar-refractivity contribution is -0.132. The van der Waals surface area contributed by atoms with Crippen LogP contribution in [0.5, 0.6) is 0 Å². The number of anilines is 1. The number of hydrogen-bond acceptors (Lipinski definition) is 4. The summed E-state index contributed by atoms with van der Waals surface area (Å²) < 4.78 is 0. The van der Waals surface area contributed by atoms with Gasteiger partial charge in [0.1, 0.15) is 0 Å². The Bertz CT molecular complexity index is 962. The molecule has 154 valence electrons. The van der Waals surface area contributed by atoms with Crippen LogP contribution in [0.1, 0.15) is 35.3 Å². The molecule has 1 atom stereocenters. The second-order valence-electron chi connectivity index (χ2n) is 6.89. The number of carbonyl (C=O) groups excluding carboxylic acids is 2. The molecule has 2 aromatic rings. The molecular formula is C21H23Cl2N3O3. The van der Waals surface area contributed by atoms with Crippen LogP contribution in [0.25, 0.3) is 0 Å². The zero-order valence-electron chi connectivity index (χ0n) is 16.3. The molecule has 3 rings (SSSR count). The summed E-state index contributed by atoms with van der Waals surface area (Å²) in [6.07, 6.45) is 0. The van der Waals surface area contributed by atoms with Gasteiger partial charge in [0.15, 0.2) is 5.60 Å². The summed E-state index contributed by atoms with van der Waals surface area (Å²) in [5, 5.41) is 12.0. The van der Waals surface area contributed by atoms with Gasteiger partial charge >= 0.3 is 0 Å². The highest BCUT2D eigenvalue weighted by Gasteiger charge is 2.53. The van der Waals surface area contributed by atoms with Gasteiger partial charge in [-0.25, -0.2) is 0 Å². The van der Waals surface area contributed by atoms with Gasteiger partial charge in [-0.3, -0.25) is 9.59 Å². The lowest BCUT2D eigenvalue weighted by Crippen LogP contribution is -2.44. The van der Waals surface area contributed by atoms with Crippen molar-refractivity contribution >= 4 is 40.7 Å². The van der Waals surface area contributed by atoms with Crippen LogP contribution in [0.3, 0.4) is 0 Å². The molecule has 2 amide bonds. The maximum Gasteiger partial charge on any atom is 0.268 e. The Kier molecular flexibility index (Phi) is 6.19. The number of likely N-dealkylation sites (N-methyl/N-ethyl adjacent to an activating group) is 1. The van der Waals surface area contributed by atoms with E-state index in [2.05, 4.69) is 4.90 Å². The molecule has 1 aliphatic heterocycles. The number of primary amides is 1. The molecule has 0 bridgehead atoms. The number of nitrogens with zero attached hydrogens (tertiary/aromatic N) is 2. The molecule has 3 N–H and O–H groups in total. The number of aliphatic hydroxyl groups is 1. The van der Waals surface area contributed by atoms with Gasteiger partial charge in [-0.2, -0.15) is 0 Å². The van der Waals surface area contributed by atoms with Crippen LogP contribution in [-0.4, -0.2) is 48.0 Å². The van der Waals surface area contributed by atoms with Crippen LogP contribution in [-0.2, 0) is 10.4 Å². The van der Waals surface area contributed by atoms with Crippen LogP contribution >= 0.6 is 23.2 Å². The van der Waals surface area contributed by atoms with Crippen LogP contribution in [0, 0.1) is 0 Å². The average molecular weight is 436 g/mol. The molecule has 0 aliphatic carbocycles. The molecule has 1 aliphatic rings. The predicted octanol–water partition coefficient (Wildman–Crippen LogP) is 3.02. The minimum absolute atomic E-state index is 0.0809. The molecule has 2 aromatic carbocycles. The number of halogens is 2. The Morgan fingerprint density at radius 1 is 1.17 bits per heavy atom. The third-order valence-electron chi connectivity index (χ3n) is 5.36. The average Bonchev–Trinajstić information content (AvgIpc) is 2.91. The fraction of sp³-hybridized carbons (Fsp3) is 0.333. The molecule has 6 nitrogen and oxygen atoms in total. The number of carbonyl (C=O) groups is 2. The number of amides is 2. The second-order valence-corrected chi connectivity index (χ2v) is 7.70. The first kappa shape index (κ1) is 21.6. The number of nitrogens with two attached hydrogens (primary N) is 1. The van der Waals surface area contributed by atoms with E-state index in [0.717, 1.165) is 13.1 Å². The van der Waals surface area contributed by atoms with E-state index in [1.807, 2.05) is 13.8 Å². The highest BCUT2D eigenvalue weighted by molar-refractivity contribution is 6.35. The highest BCUT2D eigenvalue weighted by Crippen LogP contribution is 2.49. The minimum Gasteiger partial charge on any atom is -0.372 e. The maximum atomic E-state index is 13.5. The Balaban J connectivity index is 2.19. The normalized spacial score (nSPS) is 18.4. The minimum atomic E-state index is -2.05. The number of hydrogen-bond donors (Lipinski definition) is 2. The zero-order chi connectivity index (χ0) is 21.3. The Morgan fingerprint density at radius 2 is 1.83 bits per heavy atom. The van der Waals surface area contributed by atoms with Crippen molar-refractivity contribution in [1.29, 1.82) is 0 Å². The van der Waals surface area contributed by atoms with Gasteiger partial charge in [0.05, 0.1) is 10.7 Å². The van der Waals surface area contributed by atoms with E-state index in [-0.39, 0.29) is 26.7 Å². The Hall–Kier alpha value is -2.12. The van der Waals surface area contributed by atoms with Gasteiger partial charge in [0.2, 0.25) is 5.91 Å². The quantitative estimate of drug-likeness (QED) is 0.699.